The van der Waals surface area contributed by atoms with Crippen LogP contribution in [0, 0.1) is 3.57 Å². The highest BCUT2D eigenvalue weighted by molar-refractivity contribution is 14.1. The zero-order valence-corrected chi connectivity index (χ0v) is 18.4. The van der Waals surface area contributed by atoms with Crippen molar-refractivity contribution in [3.63, 3.8) is 0 Å². The highest BCUT2D eigenvalue weighted by Gasteiger charge is 2.18. The number of rotatable bonds is 8. The molecule has 1 saturated heterocycles. The molecule has 0 saturated carbocycles. The van der Waals surface area contributed by atoms with E-state index in [1.807, 2.05) is 48.5 Å². The van der Waals surface area contributed by atoms with Gasteiger partial charge < -0.3 is 14.8 Å². The number of nitrogens with one attached hydrogen (secondary N) is 1. The standard InChI is InChI=1S/C22H27IN2O3/c1-25(20-8-11-27-12-9-20)10-13-28-21-7-2-4-17(14-21)16-24-22(26)18-5-3-6-19(23)15-18/h2-7,14-15,20H,8-13,16H2,1H3,(H,24,26). The van der Waals surface area contributed by atoms with Gasteiger partial charge in [-0.05, 0) is 78.4 Å². The molecule has 2 aromatic carbocycles. The van der Waals surface area contributed by atoms with Gasteiger partial charge in [-0.2, -0.15) is 0 Å². The smallest absolute Gasteiger partial charge is 0.251 e. The third-order valence-corrected chi connectivity index (χ3v) is 5.64. The van der Waals surface area contributed by atoms with Gasteiger partial charge in [0.15, 0.2) is 0 Å². The van der Waals surface area contributed by atoms with Gasteiger partial charge in [0.1, 0.15) is 12.4 Å². The second kappa shape index (κ2) is 10.8. The molecule has 0 unspecified atom stereocenters. The van der Waals surface area contributed by atoms with E-state index in [-0.39, 0.29) is 5.91 Å². The molecule has 1 fully saturated rings. The van der Waals surface area contributed by atoms with Crippen LogP contribution in [-0.2, 0) is 11.3 Å². The van der Waals surface area contributed by atoms with E-state index in [1.165, 1.54) is 0 Å². The van der Waals surface area contributed by atoms with Crippen molar-refractivity contribution in [1.82, 2.24) is 10.2 Å². The van der Waals surface area contributed by atoms with Crippen molar-refractivity contribution in [2.45, 2.75) is 25.4 Å². The first-order valence-corrected chi connectivity index (χ1v) is 10.7. The summed E-state index contributed by atoms with van der Waals surface area (Å²) in [5, 5.41) is 2.97. The quantitative estimate of drug-likeness (QED) is 0.569. The molecule has 1 heterocycles. The molecule has 1 N–H and O–H groups in total. The predicted octanol–water partition coefficient (Wildman–Crippen LogP) is 3.71. The van der Waals surface area contributed by atoms with E-state index in [2.05, 4.69) is 39.9 Å². The minimum Gasteiger partial charge on any atom is -0.492 e. The Morgan fingerprint density at radius 1 is 1.21 bits per heavy atom. The summed E-state index contributed by atoms with van der Waals surface area (Å²) in [5.41, 5.74) is 1.70. The van der Waals surface area contributed by atoms with Crippen LogP contribution in [0.25, 0.3) is 0 Å². The molecule has 28 heavy (non-hydrogen) atoms. The van der Waals surface area contributed by atoms with Crippen molar-refractivity contribution >= 4 is 28.5 Å². The third-order valence-electron chi connectivity index (χ3n) is 4.97. The van der Waals surface area contributed by atoms with Crippen LogP contribution in [-0.4, -0.2) is 50.3 Å². The lowest BCUT2D eigenvalue weighted by Gasteiger charge is -2.31. The van der Waals surface area contributed by atoms with E-state index < -0.39 is 0 Å². The van der Waals surface area contributed by atoms with Crippen LogP contribution >= 0.6 is 22.6 Å². The maximum Gasteiger partial charge on any atom is 0.251 e. The van der Waals surface area contributed by atoms with Crippen molar-refractivity contribution in [2.75, 3.05) is 33.4 Å². The van der Waals surface area contributed by atoms with Crippen LogP contribution in [0.15, 0.2) is 48.5 Å². The van der Waals surface area contributed by atoms with E-state index in [4.69, 9.17) is 9.47 Å². The zero-order valence-electron chi connectivity index (χ0n) is 16.2. The Labute approximate surface area is 180 Å². The number of hydrogen-bond acceptors (Lipinski definition) is 4. The van der Waals surface area contributed by atoms with Gasteiger partial charge in [0.25, 0.3) is 5.91 Å². The zero-order chi connectivity index (χ0) is 19.8. The Hall–Kier alpha value is -1.64. The lowest BCUT2D eigenvalue weighted by molar-refractivity contribution is 0.0392. The summed E-state index contributed by atoms with van der Waals surface area (Å²) in [6.45, 7) is 3.71. The van der Waals surface area contributed by atoms with Crippen molar-refractivity contribution in [1.29, 1.82) is 0 Å². The molecule has 1 amide bonds. The molecule has 0 aliphatic carbocycles. The van der Waals surface area contributed by atoms with Crippen LogP contribution in [0.1, 0.15) is 28.8 Å². The number of hydrogen-bond donors (Lipinski definition) is 1. The summed E-state index contributed by atoms with van der Waals surface area (Å²) in [4.78, 5) is 14.6. The molecule has 0 spiro atoms. The lowest BCUT2D eigenvalue weighted by atomic mass is 10.1. The Morgan fingerprint density at radius 3 is 2.79 bits per heavy atom. The fraction of sp³-hybridized carbons (Fsp3) is 0.409. The highest BCUT2D eigenvalue weighted by atomic mass is 127. The second-order valence-corrected chi connectivity index (χ2v) is 8.26. The second-order valence-electron chi connectivity index (χ2n) is 7.01. The van der Waals surface area contributed by atoms with Crippen molar-refractivity contribution < 1.29 is 14.3 Å². The number of nitrogens with zero attached hydrogens (tertiary/aromatic N) is 1. The number of ether oxygens (including phenoxy) is 2. The van der Waals surface area contributed by atoms with Crippen molar-refractivity contribution in [3.05, 3.63) is 63.2 Å². The average molecular weight is 494 g/mol. The normalized spacial score (nSPS) is 14.8. The maximum atomic E-state index is 12.3. The van der Waals surface area contributed by atoms with E-state index in [0.717, 1.165) is 47.5 Å². The molecule has 2 aromatic rings. The summed E-state index contributed by atoms with van der Waals surface area (Å²) in [7, 11) is 2.15. The van der Waals surface area contributed by atoms with E-state index in [9.17, 15) is 4.79 Å². The summed E-state index contributed by atoms with van der Waals surface area (Å²) < 4.78 is 12.4. The fourth-order valence-corrected chi connectivity index (χ4v) is 3.82. The monoisotopic (exact) mass is 494 g/mol. The molecule has 6 heteroatoms. The molecule has 5 nitrogen and oxygen atoms in total. The molecule has 1 aliphatic heterocycles. The summed E-state index contributed by atoms with van der Waals surface area (Å²) in [6, 6.07) is 16.1. The largest absolute Gasteiger partial charge is 0.492 e. The SMILES string of the molecule is CN(CCOc1cccc(CNC(=O)c2cccc(I)c2)c1)C1CCOCC1. The molecule has 0 atom stereocenters. The number of likely N-dealkylation sites (N-methyl/N-ethyl adjacent to an activating group) is 1. The van der Waals surface area contributed by atoms with E-state index in [0.29, 0.717) is 24.8 Å². The van der Waals surface area contributed by atoms with Gasteiger partial charge >= 0.3 is 0 Å². The van der Waals surface area contributed by atoms with Gasteiger partial charge in [-0.1, -0.05) is 18.2 Å². The van der Waals surface area contributed by atoms with Gasteiger partial charge in [-0.3, -0.25) is 9.69 Å². The minimum absolute atomic E-state index is 0.0667. The molecule has 0 bridgehead atoms. The molecule has 150 valence electrons. The number of benzene rings is 2. The molecule has 3 rings (SSSR count). The number of halogens is 1. The van der Waals surface area contributed by atoms with Crippen LogP contribution in [0.5, 0.6) is 5.75 Å². The first kappa shape index (κ1) is 21.1. The van der Waals surface area contributed by atoms with E-state index in [1.54, 1.807) is 0 Å². The van der Waals surface area contributed by atoms with Gasteiger partial charge in [0, 0.05) is 41.5 Å². The highest BCUT2D eigenvalue weighted by Crippen LogP contribution is 2.15. The first-order valence-electron chi connectivity index (χ1n) is 9.65. The van der Waals surface area contributed by atoms with Crippen LogP contribution in [0.2, 0.25) is 0 Å². The summed E-state index contributed by atoms with van der Waals surface area (Å²) >= 11 is 2.21. The van der Waals surface area contributed by atoms with Crippen LogP contribution in [0.3, 0.4) is 0 Å². The molecule has 0 radical (unpaired) electrons. The number of carbonyl (C=O) groups excluding carboxylic acids is 1. The lowest BCUT2D eigenvalue weighted by Crippen LogP contribution is -2.38. The molecular formula is C22H27IN2O3. The summed E-state index contributed by atoms with van der Waals surface area (Å²) in [5.74, 6) is 0.768. The molecule has 0 aromatic heterocycles. The Morgan fingerprint density at radius 2 is 2.00 bits per heavy atom. The number of carbonyl (C=O) groups is 1. The van der Waals surface area contributed by atoms with Crippen molar-refractivity contribution in [3.8, 4) is 5.75 Å². The molecular weight excluding hydrogens is 467 g/mol. The summed E-state index contributed by atoms with van der Waals surface area (Å²) in [6.07, 6.45) is 2.18. The fourth-order valence-electron chi connectivity index (χ4n) is 3.28. The first-order chi connectivity index (χ1) is 13.6. The topological polar surface area (TPSA) is 50.8 Å². The minimum atomic E-state index is -0.0667. The average Bonchev–Trinajstić information content (AvgIpc) is 2.73. The van der Waals surface area contributed by atoms with Crippen LogP contribution in [0.4, 0.5) is 0 Å². The third kappa shape index (κ3) is 6.46. The van der Waals surface area contributed by atoms with E-state index >= 15 is 0 Å². The Kier molecular flexibility index (Phi) is 8.12. The van der Waals surface area contributed by atoms with Gasteiger partial charge in [-0.25, -0.2) is 0 Å². The number of amides is 1. The van der Waals surface area contributed by atoms with Gasteiger partial charge in [0.2, 0.25) is 0 Å². The Bertz CT molecular complexity index is 778. The molecule has 1 aliphatic rings. The van der Waals surface area contributed by atoms with Gasteiger partial charge in [0.05, 0.1) is 0 Å². The van der Waals surface area contributed by atoms with Gasteiger partial charge in [-0.15, -0.1) is 0 Å². The van der Waals surface area contributed by atoms with Crippen molar-refractivity contribution in [2.24, 2.45) is 0 Å². The Balaban J connectivity index is 1.45. The predicted molar refractivity (Wildman–Crippen MR) is 119 cm³/mol. The van der Waals surface area contributed by atoms with Crippen LogP contribution < -0.4 is 10.1 Å². The maximum absolute atomic E-state index is 12.3.